The lowest BCUT2D eigenvalue weighted by Gasteiger charge is -2.08. The molecule has 0 spiro atoms. The number of hydrogen-bond acceptors (Lipinski definition) is 3. The standard InChI is InChI=1S/C13H12F3N3O/c1-7(2)19-13(20)8(5-17)6-18-10-4-3-9(14)11(15)12(10)16/h3-4,6-7,18H,1-2H3,(H,19,20)/b8-6-. The van der Waals surface area contributed by atoms with E-state index in [0.717, 1.165) is 18.3 Å². The lowest BCUT2D eigenvalue weighted by molar-refractivity contribution is -0.117. The van der Waals surface area contributed by atoms with Crippen molar-refractivity contribution in [2.75, 3.05) is 5.32 Å². The second-order valence-corrected chi connectivity index (χ2v) is 4.17. The highest BCUT2D eigenvalue weighted by molar-refractivity contribution is 5.97. The number of anilines is 1. The third-order valence-electron chi connectivity index (χ3n) is 2.19. The van der Waals surface area contributed by atoms with E-state index in [1.54, 1.807) is 19.9 Å². The molecule has 1 rings (SSSR count). The fraction of sp³-hybridized carbons (Fsp3) is 0.231. The molecule has 0 heterocycles. The topological polar surface area (TPSA) is 64.9 Å². The molecule has 0 saturated carbocycles. The molecule has 1 aromatic rings. The van der Waals surface area contributed by atoms with Gasteiger partial charge in [-0.2, -0.15) is 5.26 Å². The number of rotatable bonds is 4. The maximum Gasteiger partial charge on any atom is 0.263 e. The highest BCUT2D eigenvalue weighted by Gasteiger charge is 2.14. The van der Waals surface area contributed by atoms with Crippen molar-refractivity contribution in [1.29, 1.82) is 5.26 Å². The summed E-state index contributed by atoms with van der Waals surface area (Å²) in [4.78, 5) is 11.5. The molecule has 1 aromatic carbocycles. The van der Waals surface area contributed by atoms with E-state index in [-0.39, 0.29) is 17.3 Å². The largest absolute Gasteiger partial charge is 0.358 e. The van der Waals surface area contributed by atoms with Gasteiger partial charge in [-0.05, 0) is 26.0 Å². The summed E-state index contributed by atoms with van der Waals surface area (Å²) in [6.07, 6.45) is 0.924. The second kappa shape index (κ2) is 6.61. The molecule has 7 heteroatoms. The van der Waals surface area contributed by atoms with E-state index in [1.165, 1.54) is 0 Å². The molecule has 20 heavy (non-hydrogen) atoms. The molecular weight excluding hydrogens is 271 g/mol. The number of nitrogens with one attached hydrogen (secondary N) is 2. The first-order valence-electron chi connectivity index (χ1n) is 5.68. The van der Waals surface area contributed by atoms with E-state index in [4.69, 9.17) is 5.26 Å². The van der Waals surface area contributed by atoms with Gasteiger partial charge in [0.2, 0.25) is 0 Å². The van der Waals surface area contributed by atoms with Crippen molar-refractivity contribution < 1.29 is 18.0 Å². The summed E-state index contributed by atoms with van der Waals surface area (Å²) in [6.45, 7) is 3.41. The Hall–Kier alpha value is -2.49. The fourth-order valence-electron chi connectivity index (χ4n) is 1.28. The van der Waals surface area contributed by atoms with Crippen LogP contribution in [-0.4, -0.2) is 11.9 Å². The van der Waals surface area contributed by atoms with Crippen molar-refractivity contribution in [3.63, 3.8) is 0 Å². The molecule has 0 fully saturated rings. The second-order valence-electron chi connectivity index (χ2n) is 4.17. The molecule has 2 N–H and O–H groups in total. The molecule has 0 aliphatic carbocycles. The lowest BCUT2D eigenvalue weighted by atomic mass is 10.2. The molecule has 4 nitrogen and oxygen atoms in total. The molecule has 0 bridgehead atoms. The van der Waals surface area contributed by atoms with E-state index in [0.29, 0.717) is 0 Å². The normalized spacial score (nSPS) is 11.2. The number of carbonyl (C=O) groups excluding carboxylic acids is 1. The summed E-state index contributed by atoms with van der Waals surface area (Å²) in [5.41, 5.74) is -0.697. The number of nitrogens with zero attached hydrogens (tertiary/aromatic N) is 1. The van der Waals surface area contributed by atoms with Crippen LogP contribution in [0.4, 0.5) is 18.9 Å². The Morgan fingerprint density at radius 3 is 2.50 bits per heavy atom. The number of hydrogen-bond donors (Lipinski definition) is 2. The Kier molecular flexibility index (Phi) is 5.15. The Morgan fingerprint density at radius 2 is 1.95 bits per heavy atom. The first-order valence-corrected chi connectivity index (χ1v) is 5.68. The van der Waals surface area contributed by atoms with Crippen LogP contribution in [0.2, 0.25) is 0 Å². The quantitative estimate of drug-likeness (QED) is 0.507. The van der Waals surface area contributed by atoms with Crippen molar-refractivity contribution in [2.24, 2.45) is 0 Å². The maximum atomic E-state index is 13.3. The van der Waals surface area contributed by atoms with Crippen molar-refractivity contribution in [3.8, 4) is 6.07 Å². The fourth-order valence-corrected chi connectivity index (χ4v) is 1.28. The zero-order valence-electron chi connectivity index (χ0n) is 10.8. The molecule has 0 aromatic heterocycles. The van der Waals surface area contributed by atoms with E-state index in [1.807, 2.05) is 0 Å². The average Bonchev–Trinajstić information content (AvgIpc) is 2.38. The van der Waals surface area contributed by atoms with Gasteiger partial charge in [-0.15, -0.1) is 0 Å². The molecule has 0 saturated heterocycles. The Balaban J connectivity index is 2.93. The minimum absolute atomic E-state index is 0.181. The molecule has 0 atom stereocenters. The smallest absolute Gasteiger partial charge is 0.263 e. The highest BCUT2D eigenvalue weighted by Crippen LogP contribution is 2.19. The third kappa shape index (κ3) is 3.75. The van der Waals surface area contributed by atoms with Gasteiger partial charge < -0.3 is 10.6 Å². The minimum atomic E-state index is -1.63. The summed E-state index contributed by atoms with van der Waals surface area (Å²) < 4.78 is 39.0. The Labute approximate surface area is 113 Å². The van der Waals surface area contributed by atoms with Crippen molar-refractivity contribution in [1.82, 2.24) is 5.32 Å². The van der Waals surface area contributed by atoms with Crippen LogP contribution in [0.1, 0.15) is 13.8 Å². The van der Waals surface area contributed by atoms with Crippen LogP contribution >= 0.6 is 0 Å². The zero-order chi connectivity index (χ0) is 15.3. The summed E-state index contributed by atoms with van der Waals surface area (Å²) in [7, 11) is 0. The van der Waals surface area contributed by atoms with Crippen LogP contribution in [0, 0.1) is 28.8 Å². The average molecular weight is 283 g/mol. The number of carbonyl (C=O) groups is 1. The molecule has 0 aliphatic heterocycles. The van der Waals surface area contributed by atoms with Crippen LogP contribution in [0.15, 0.2) is 23.9 Å². The highest BCUT2D eigenvalue weighted by atomic mass is 19.2. The summed E-state index contributed by atoms with van der Waals surface area (Å²) in [5, 5.41) is 13.5. The Bertz CT molecular complexity index is 591. The van der Waals surface area contributed by atoms with Crippen LogP contribution in [-0.2, 0) is 4.79 Å². The van der Waals surface area contributed by atoms with Gasteiger partial charge in [0.15, 0.2) is 17.5 Å². The third-order valence-corrected chi connectivity index (χ3v) is 2.19. The van der Waals surface area contributed by atoms with E-state index in [9.17, 15) is 18.0 Å². The van der Waals surface area contributed by atoms with Crippen molar-refractivity contribution in [2.45, 2.75) is 19.9 Å². The van der Waals surface area contributed by atoms with Crippen LogP contribution in [0.25, 0.3) is 0 Å². The molecule has 0 unspecified atom stereocenters. The predicted molar refractivity (Wildman–Crippen MR) is 66.9 cm³/mol. The maximum absolute atomic E-state index is 13.3. The summed E-state index contributed by atoms with van der Waals surface area (Å²) in [6, 6.07) is 3.13. The number of nitriles is 1. The van der Waals surface area contributed by atoms with E-state index >= 15 is 0 Å². The van der Waals surface area contributed by atoms with Gasteiger partial charge >= 0.3 is 0 Å². The van der Waals surface area contributed by atoms with E-state index < -0.39 is 23.4 Å². The van der Waals surface area contributed by atoms with Gasteiger partial charge in [-0.25, -0.2) is 13.2 Å². The summed E-state index contributed by atoms with van der Waals surface area (Å²) >= 11 is 0. The van der Waals surface area contributed by atoms with Gasteiger partial charge in [0.05, 0.1) is 5.69 Å². The van der Waals surface area contributed by atoms with Crippen LogP contribution < -0.4 is 10.6 Å². The lowest BCUT2D eigenvalue weighted by Crippen LogP contribution is -2.31. The Morgan fingerprint density at radius 1 is 1.30 bits per heavy atom. The van der Waals surface area contributed by atoms with Gasteiger partial charge in [-0.3, -0.25) is 4.79 Å². The molecule has 0 aliphatic rings. The molecular formula is C13H12F3N3O. The first kappa shape index (κ1) is 15.6. The molecule has 0 radical (unpaired) electrons. The van der Waals surface area contributed by atoms with Crippen molar-refractivity contribution >= 4 is 11.6 Å². The zero-order valence-corrected chi connectivity index (χ0v) is 10.8. The predicted octanol–water partition coefficient (Wildman–Crippen LogP) is 2.45. The monoisotopic (exact) mass is 283 g/mol. The number of benzene rings is 1. The van der Waals surface area contributed by atoms with Crippen LogP contribution in [0.5, 0.6) is 0 Å². The van der Waals surface area contributed by atoms with E-state index in [2.05, 4.69) is 10.6 Å². The van der Waals surface area contributed by atoms with Crippen LogP contribution in [0.3, 0.4) is 0 Å². The van der Waals surface area contributed by atoms with Gasteiger partial charge in [0.25, 0.3) is 5.91 Å². The van der Waals surface area contributed by atoms with Gasteiger partial charge in [-0.1, -0.05) is 0 Å². The summed E-state index contributed by atoms with van der Waals surface area (Å²) in [5.74, 6) is -5.04. The SMILES string of the molecule is CC(C)NC(=O)/C(C#N)=C\Nc1ccc(F)c(F)c1F. The van der Waals surface area contributed by atoms with Crippen molar-refractivity contribution in [3.05, 3.63) is 41.4 Å². The first-order chi connectivity index (χ1) is 9.36. The minimum Gasteiger partial charge on any atom is -0.358 e. The van der Waals surface area contributed by atoms with Gasteiger partial charge in [0, 0.05) is 12.2 Å². The molecule has 1 amide bonds. The number of halogens is 3. The molecule has 106 valence electrons. The number of amides is 1. The van der Waals surface area contributed by atoms with Gasteiger partial charge in [0.1, 0.15) is 11.6 Å².